The Morgan fingerprint density at radius 1 is 1.04 bits per heavy atom. The van der Waals surface area contributed by atoms with Crippen LogP contribution < -0.4 is 4.90 Å². The zero-order valence-corrected chi connectivity index (χ0v) is 14.7. The summed E-state index contributed by atoms with van der Waals surface area (Å²) in [4.78, 5) is 18.6. The molecule has 4 heterocycles. The van der Waals surface area contributed by atoms with Crippen LogP contribution in [0.5, 0.6) is 0 Å². The number of rotatable bonds is 2. The molecule has 5 rings (SSSR count). The summed E-state index contributed by atoms with van der Waals surface area (Å²) in [5, 5.41) is 1.09. The van der Waals surface area contributed by atoms with Crippen molar-refractivity contribution in [1.82, 2.24) is 19.9 Å². The first-order valence-electron chi connectivity index (χ1n) is 9.03. The maximum absolute atomic E-state index is 6.02. The third-order valence-electron chi connectivity index (χ3n) is 5.40. The Kier molecular flexibility index (Phi) is 3.80. The molecule has 2 saturated heterocycles. The molecule has 0 radical (unpaired) electrons. The lowest BCUT2D eigenvalue weighted by molar-refractivity contribution is -0.0362. The minimum absolute atomic E-state index is 0.242. The van der Waals surface area contributed by atoms with E-state index in [1.54, 1.807) is 12.4 Å². The Hall–Kier alpha value is -2.57. The Bertz CT molecular complexity index is 932. The van der Waals surface area contributed by atoms with E-state index in [2.05, 4.69) is 34.0 Å². The van der Waals surface area contributed by atoms with E-state index in [9.17, 15) is 0 Å². The Morgan fingerprint density at radius 3 is 2.73 bits per heavy atom. The molecule has 6 nitrogen and oxygen atoms in total. The van der Waals surface area contributed by atoms with Crippen LogP contribution >= 0.6 is 0 Å². The van der Waals surface area contributed by atoms with Crippen LogP contribution in [-0.2, 0) is 4.74 Å². The van der Waals surface area contributed by atoms with E-state index in [1.807, 2.05) is 24.3 Å². The highest BCUT2D eigenvalue weighted by atomic mass is 16.5. The van der Waals surface area contributed by atoms with Gasteiger partial charge in [-0.25, -0.2) is 9.97 Å². The van der Waals surface area contributed by atoms with Gasteiger partial charge in [0.05, 0.1) is 24.3 Å². The molecule has 3 aromatic rings. The highest BCUT2D eigenvalue weighted by Gasteiger charge is 2.39. The molecule has 2 atom stereocenters. The van der Waals surface area contributed by atoms with Gasteiger partial charge in [0.2, 0.25) is 0 Å². The number of fused-ring (bicyclic) bond motifs is 2. The number of likely N-dealkylation sites (N-methyl/N-ethyl adjacent to an activating group) is 1. The second kappa shape index (κ2) is 6.30. The molecule has 2 aliphatic rings. The van der Waals surface area contributed by atoms with Gasteiger partial charge in [-0.05, 0) is 31.3 Å². The molecule has 0 N–H and O–H groups in total. The normalized spacial score (nSPS) is 23.3. The summed E-state index contributed by atoms with van der Waals surface area (Å²) in [5.41, 5.74) is 1.95. The fraction of sp³-hybridized carbons (Fsp3) is 0.350. The predicted molar refractivity (Wildman–Crippen MR) is 101 cm³/mol. The van der Waals surface area contributed by atoms with E-state index in [0.717, 1.165) is 54.3 Å². The van der Waals surface area contributed by atoms with E-state index in [-0.39, 0.29) is 6.10 Å². The number of morpholine rings is 1. The fourth-order valence-corrected chi connectivity index (χ4v) is 3.96. The molecule has 26 heavy (non-hydrogen) atoms. The maximum Gasteiger partial charge on any atom is 0.162 e. The second-order valence-corrected chi connectivity index (χ2v) is 6.99. The van der Waals surface area contributed by atoms with Crippen molar-refractivity contribution in [2.75, 3.05) is 38.2 Å². The van der Waals surface area contributed by atoms with Gasteiger partial charge in [0.15, 0.2) is 5.82 Å². The van der Waals surface area contributed by atoms with Gasteiger partial charge in [-0.1, -0.05) is 12.1 Å². The van der Waals surface area contributed by atoms with Crippen molar-refractivity contribution in [2.45, 2.75) is 12.1 Å². The van der Waals surface area contributed by atoms with Crippen LogP contribution in [-0.4, -0.2) is 65.3 Å². The number of anilines is 1. The summed E-state index contributed by atoms with van der Waals surface area (Å²) in [7, 11) is 2.18. The number of ether oxygens (including phenoxy) is 1. The molecule has 2 unspecified atom stereocenters. The standard InChI is InChI=1S/C20H21N5O/c1-24-10-11-26-18-13-25(12-17(18)24)20-15-4-2-3-5-16(15)22-19(23-20)14-6-8-21-9-7-14/h2-9,17-18H,10-13H2,1H3. The van der Waals surface area contributed by atoms with Crippen molar-refractivity contribution in [2.24, 2.45) is 0 Å². The zero-order chi connectivity index (χ0) is 17.5. The molecule has 1 aromatic carbocycles. The van der Waals surface area contributed by atoms with E-state index in [1.165, 1.54) is 0 Å². The summed E-state index contributed by atoms with van der Waals surface area (Å²) in [5.74, 6) is 1.74. The lowest BCUT2D eigenvalue weighted by atomic mass is 10.1. The molecule has 2 fully saturated rings. The average Bonchev–Trinajstić information content (AvgIpc) is 3.13. The molecule has 0 aliphatic carbocycles. The second-order valence-electron chi connectivity index (χ2n) is 6.99. The Balaban J connectivity index is 1.60. The van der Waals surface area contributed by atoms with Crippen LogP contribution in [0, 0.1) is 0 Å². The van der Waals surface area contributed by atoms with E-state index < -0.39 is 0 Å². The lowest BCUT2D eigenvalue weighted by Crippen LogP contribution is -2.48. The minimum atomic E-state index is 0.242. The SMILES string of the molecule is CN1CCOC2CN(c3nc(-c4ccncc4)nc4ccccc34)CC21. The van der Waals surface area contributed by atoms with Crippen molar-refractivity contribution in [3.8, 4) is 11.4 Å². The topological polar surface area (TPSA) is 54.4 Å². The number of pyridine rings is 1. The smallest absolute Gasteiger partial charge is 0.162 e. The third kappa shape index (κ3) is 2.62. The largest absolute Gasteiger partial charge is 0.373 e. The summed E-state index contributed by atoms with van der Waals surface area (Å²) in [6, 6.07) is 12.6. The average molecular weight is 347 g/mol. The molecular formula is C20H21N5O. The Labute approximate surface area is 152 Å². The summed E-state index contributed by atoms with van der Waals surface area (Å²) in [6.07, 6.45) is 3.80. The van der Waals surface area contributed by atoms with Gasteiger partial charge in [-0.15, -0.1) is 0 Å². The molecule has 2 aromatic heterocycles. The van der Waals surface area contributed by atoms with Crippen molar-refractivity contribution in [3.63, 3.8) is 0 Å². The molecule has 0 bridgehead atoms. The molecule has 6 heteroatoms. The molecule has 2 aliphatic heterocycles. The maximum atomic E-state index is 6.02. The number of hydrogen-bond acceptors (Lipinski definition) is 6. The zero-order valence-electron chi connectivity index (χ0n) is 14.7. The van der Waals surface area contributed by atoms with Gasteiger partial charge in [-0.3, -0.25) is 9.88 Å². The first kappa shape index (κ1) is 15.7. The van der Waals surface area contributed by atoms with E-state index >= 15 is 0 Å². The van der Waals surface area contributed by atoms with Crippen molar-refractivity contribution in [1.29, 1.82) is 0 Å². The predicted octanol–water partition coefficient (Wildman–Crippen LogP) is 2.21. The van der Waals surface area contributed by atoms with E-state index in [4.69, 9.17) is 14.7 Å². The van der Waals surface area contributed by atoms with Gasteiger partial charge < -0.3 is 9.64 Å². The van der Waals surface area contributed by atoms with Gasteiger partial charge in [0.25, 0.3) is 0 Å². The van der Waals surface area contributed by atoms with Crippen molar-refractivity contribution >= 4 is 16.7 Å². The quantitative estimate of drug-likeness (QED) is 0.708. The number of benzene rings is 1. The molecule has 0 saturated carbocycles. The van der Waals surface area contributed by atoms with Crippen molar-refractivity contribution < 1.29 is 4.74 Å². The Morgan fingerprint density at radius 2 is 1.88 bits per heavy atom. The number of aromatic nitrogens is 3. The first-order chi connectivity index (χ1) is 12.8. The number of nitrogens with zero attached hydrogens (tertiary/aromatic N) is 5. The highest BCUT2D eigenvalue weighted by Crippen LogP contribution is 2.32. The third-order valence-corrected chi connectivity index (χ3v) is 5.40. The van der Waals surface area contributed by atoms with Gasteiger partial charge in [0, 0.05) is 43.0 Å². The molecular weight excluding hydrogens is 326 g/mol. The van der Waals surface area contributed by atoms with Gasteiger partial charge >= 0.3 is 0 Å². The van der Waals surface area contributed by atoms with Crippen molar-refractivity contribution in [3.05, 3.63) is 48.8 Å². The van der Waals surface area contributed by atoms with Crippen LogP contribution in [0.1, 0.15) is 0 Å². The molecule has 0 spiro atoms. The van der Waals surface area contributed by atoms with Gasteiger partial charge in [0.1, 0.15) is 5.82 Å². The van der Waals surface area contributed by atoms with Crippen LogP contribution in [0.3, 0.4) is 0 Å². The number of hydrogen-bond donors (Lipinski definition) is 0. The van der Waals surface area contributed by atoms with Crippen LogP contribution in [0.2, 0.25) is 0 Å². The lowest BCUT2D eigenvalue weighted by Gasteiger charge is -2.33. The van der Waals surface area contributed by atoms with Crippen LogP contribution in [0.15, 0.2) is 48.8 Å². The van der Waals surface area contributed by atoms with Crippen LogP contribution in [0.25, 0.3) is 22.3 Å². The monoisotopic (exact) mass is 347 g/mol. The molecule has 132 valence electrons. The van der Waals surface area contributed by atoms with Crippen LogP contribution in [0.4, 0.5) is 5.82 Å². The fourth-order valence-electron chi connectivity index (χ4n) is 3.96. The minimum Gasteiger partial charge on any atom is -0.373 e. The highest BCUT2D eigenvalue weighted by molar-refractivity contribution is 5.91. The van der Waals surface area contributed by atoms with E-state index in [0.29, 0.717) is 6.04 Å². The molecule has 0 amide bonds. The number of para-hydroxylation sites is 1. The first-order valence-corrected chi connectivity index (χ1v) is 9.03. The summed E-state index contributed by atoms with van der Waals surface area (Å²) < 4.78 is 6.02. The van der Waals surface area contributed by atoms with Gasteiger partial charge in [-0.2, -0.15) is 0 Å². The summed E-state index contributed by atoms with van der Waals surface area (Å²) >= 11 is 0. The summed E-state index contributed by atoms with van der Waals surface area (Å²) in [6.45, 7) is 3.59.